The second-order valence-corrected chi connectivity index (χ2v) is 7.38. The summed E-state index contributed by atoms with van der Waals surface area (Å²) in [6.45, 7) is 5.41. The van der Waals surface area contributed by atoms with Crippen molar-refractivity contribution in [1.29, 1.82) is 0 Å². The van der Waals surface area contributed by atoms with Crippen LogP contribution in [0.4, 0.5) is 0 Å². The van der Waals surface area contributed by atoms with E-state index in [0.29, 0.717) is 6.04 Å². The van der Waals surface area contributed by atoms with Gasteiger partial charge >= 0.3 is 0 Å². The van der Waals surface area contributed by atoms with Crippen LogP contribution >= 0.6 is 23.8 Å². The van der Waals surface area contributed by atoms with Gasteiger partial charge in [0.1, 0.15) is 0 Å². The first kappa shape index (κ1) is 13.8. The lowest BCUT2D eigenvalue weighted by Crippen LogP contribution is -2.35. The molecule has 1 aromatic heterocycles. The number of aromatic nitrogens is 2. The average molecular weight is 322 g/mol. The van der Waals surface area contributed by atoms with E-state index in [2.05, 4.69) is 27.4 Å². The summed E-state index contributed by atoms with van der Waals surface area (Å²) in [6, 6.07) is 4.59. The molecule has 2 heterocycles. The number of benzene rings is 1. The molecule has 1 aliphatic heterocycles. The predicted molar refractivity (Wildman–Crippen MR) is 89.3 cm³/mol. The molecule has 0 bridgehead atoms. The van der Waals surface area contributed by atoms with Gasteiger partial charge in [-0.3, -0.25) is 4.90 Å². The Bertz CT molecular complexity index is 744. The molecule has 1 fully saturated rings. The maximum atomic E-state index is 6.28. The Kier molecular flexibility index (Phi) is 3.36. The number of rotatable bonds is 3. The smallest absolute Gasteiger partial charge is 0.178 e. The molecular formula is C16H20ClN3S. The van der Waals surface area contributed by atoms with Crippen molar-refractivity contribution in [3.8, 4) is 0 Å². The molecule has 3 nitrogen and oxygen atoms in total. The van der Waals surface area contributed by atoms with Gasteiger partial charge in [0.15, 0.2) is 4.77 Å². The Hall–Kier alpha value is -0.840. The van der Waals surface area contributed by atoms with E-state index in [1.807, 2.05) is 6.07 Å². The Morgan fingerprint density at radius 2 is 2.19 bits per heavy atom. The minimum atomic E-state index is 0.501. The van der Waals surface area contributed by atoms with E-state index in [9.17, 15) is 0 Å². The zero-order valence-corrected chi connectivity index (χ0v) is 13.8. The van der Waals surface area contributed by atoms with Gasteiger partial charge in [-0.15, -0.1) is 0 Å². The van der Waals surface area contributed by atoms with Crippen LogP contribution in [-0.4, -0.2) is 27.0 Å². The molecule has 0 unspecified atom stereocenters. The van der Waals surface area contributed by atoms with Gasteiger partial charge in [-0.1, -0.05) is 24.4 Å². The molecule has 0 saturated heterocycles. The molecule has 5 heteroatoms. The topological polar surface area (TPSA) is 24.0 Å². The lowest BCUT2D eigenvalue weighted by Gasteiger charge is -2.27. The quantitative estimate of drug-likeness (QED) is 0.849. The summed E-state index contributed by atoms with van der Waals surface area (Å²) in [5.41, 5.74) is 3.61. The number of hydrogen-bond acceptors (Lipinski definition) is 2. The van der Waals surface area contributed by atoms with E-state index < -0.39 is 0 Å². The lowest BCUT2D eigenvalue weighted by atomic mass is 10.1. The standard InChI is InChI=1S/C16H20ClN3S/c1-10-8-20-15-12(9-19(10)5-4-11-2-3-11)6-13(17)7-14(15)18-16(20)21/h6-7,10-11H,2-5,8-9H2,1H3,(H,18,21)/t10-/m0/s1. The lowest BCUT2D eigenvalue weighted by molar-refractivity contribution is 0.184. The fraction of sp³-hybridized carbons (Fsp3) is 0.562. The number of nitrogens with zero attached hydrogens (tertiary/aromatic N) is 2. The van der Waals surface area contributed by atoms with Crippen LogP contribution in [0.3, 0.4) is 0 Å². The molecule has 0 amide bonds. The van der Waals surface area contributed by atoms with Crippen molar-refractivity contribution in [3.05, 3.63) is 27.5 Å². The van der Waals surface area contributed by atoms with Gasteiger partial charge in [-0.25, -0.2) is 0 Å². The first-order chi connectivity index (χ1) is 10.1. The third-order valence-corrected chi connectivity index (χ3v) is 5.42. The van der Waals surface area contributed by atoms with Crippen LogP contribution in [0.1, 0.15) is 31.7 Å². The van der Waals surface area contributed by atoms with Crippen molar-refractivity contribution >= 4 is 34.9 Å². The maximum Gasteiger partial charge on any atom is 0.178 e. The van der Waals surface area contributed by atoms with Crippen molar-refractivity contribution < 1.29 is 0 Å². The summed E-state index contributed by atoms with van der Waals surface area (Å²) in [4.78, 5) is 5.89. The molecule has 1 aliphatic carbocycles. The summed E-state index contributed by atoms with van der Waals surface area (Å²) >= 11 is 11.8. The molecule has 0 spiro atoms. The Morgan fingerprint density at radius 3 is 2.95 bits per heavy atom. The summed E-state index contributed by atoms with van der Waals surface area (Å²) < 4.78 is 3.06. The molecule has 0 radical (unpaired) electrons. The zero-order valence-electron chi connectivity index (χ0n) is 12.2. The largest absolute Gasteiger partial charge is 0.331 e. The van der Waals surface area contributed by atoms with E-state index in [1.54, 1.807) is 0 Å². The average Bonchev–Trinajstić information content (AvgIpc) is 3.20. The predicted octanol–water partition coefficient (Wildman–Crippen LogP) is 4.36. The van der Waals surface area contributed by atoms with Crippen LogP contribution in [0.5, 0.6) is 0 Å². The van der Waals surface area contributed by atoms with Crippen LogP contribution in [-0.2, 0) is 13.1 Å². The Morgan fingerprint density at radius 1 is 1.38 bits per heavy atom. The monoisotopic (exact) mass is 321 g/mol. The molecule has 2 aromatic rings. The molecule has 112 valence electrons. The van der Waals surface area contributed by atoms with Gasteiger partial charge in [-0.05, 0) is 55.7 Å². The van der Waals surface area contributed by atoms with Gasteiger partial charge < -0.3 is 9.55 Å². The molecule has 1 saturated carbocycles. The van der Waals surface area contributed by atoms with Gasteiger partial charge in [0, 0.05) is 24.2 Å². The Labute approximate surface area is 134 Å². The summed E-state index contributed by atoms with van der Waals surface area (Å²) in [7, 11) is 0. The first-order valence-electron chi connectivity index (χ1n) is 7.77. The molecule has 1 N–H and O–H groups in total. The molecule has 21 heavy (non-hydrogen) atoms. The second kappa shape index (κ2) is 5.11. The number of H-pyrrole nitrogens is 1. The number of nitrogens with one attached hydrogen (secondary N) is 1. The van der Waals surface area contributed by atoms with Gasteiger partial charge in [0.2, 0.25) is 0 Å². The fourth-order valence-electron chi connectivity index (χ4n) is 3.46. The number of hydrogen-bond donors (Lipinski definition) is 1. The minimum absolute atomic E-state index is 0.501. The SMILES string of the molecule is C[C@H]1Cn2c(=S)[nH]c3cc(Cl)cc(c32)CN1CCC1CC1. The molecule has 2 aliphatic rings. The third kappa shape index (κ3) is 2.54. The van der Waals surface area contributed by atoms with Crippen LogP contribution in [0.2, 0.25) is 5.02 Å². The van der Waals surface area contributed by atoms with Crippen LogP contribution in [0, 0.1) is 10.7 Å². The molecular weight excluding hydrogens is 302 g/mol. The van der Waals surface area contributed by atoms with Crippen LogP contribution < -0.4 is 0 Å². The normalized spacial score (nSPS) is 22.7. The van der Waals surface area contributed by atoms with Crippen molar-refractivity contribution in [2.24, 2.45) is 5.92 Å². The highest BCUT2D eigenvalue weighted by atomic mass is 35.5. The fourth-order valence-corrected chi connectivity index (χ4v) is 3.97. The third-order valence-electron chi connectivity index (χ3n) is 4.88. The Balaban J connectivity index is 1.74. The highest BCUT2D eigenvalue weighted by molar-refractivity contribution is 7.71. The highest BCUT2D eigenvalue weighted by Crippen LogP contribution is 2.34. The number of aromatic amines is 1. The van der Waals surface area contributed by atoms with E-state index in [-0.39, 0.29) is 0 Å². The minimum Gasteiger partial charge on any atom is -0.331 e. The van der Waals surface area contributed by atoms with E-state index >= 15 is 0 Å². The van der Waals surface area contributed by atoms with Crippen molar-refractivity contribution in [2.75, 3.05) is 6.54 Å². The molecule has 1 aromatic carbocycles. The molecule has 1 atom stereocenters. The highest BCUT2D eigenvalue weighted by Gasteiger charge is 2.26. The molecule has 4 rings (SSSR count). The van der Waals surface area contributed by atoms with Gasteiger partial charge in [0.25, 0.3) is 0 Å². The summed E-state index contributed by atoms with van der Waals surface area (Å²) in [5.74, 6) is 0.974. The number of imidazole rings is 1. The summed E-state index contributed by atoms with van der Waals surface area (Å²) in [6.07, 6.45) is 4.18. The van der Waals surface area contributed by atoms with Crippen LogP contribution in [0.15, 0.2) is 12.1 Å². The van der Waals surface area contributed by atoms with E-state index in [0.717, 1.165) is 34.3 Å². The van der Waals surface area contributed by atoms with Crippen molar-refractivity contribution in [2.45, 2.75) is 45.3 Å². The first-order valence-corrected chi connectivity index (χ1v) is 8.55. The van der Waals surface area contributed by atoms with E-state index in [1.165, 1.54) is 36.9 Å². The maximum absolute atomic E-state index is 6.28. The summed E-state index contributed by atoms with van der Waals surface area (Å²) in [5, 5.41) is 0.789. The van der Waals surface area contributed by atoms with Gasteiger partial charge in [0.05, 0.1) is 11.0 Å². The number of halogens is 1. The van der Waals surface area contributed by atoms with Crippen molar-refractivity contribution in [3.63, 3.8) is 0 Å². The second-order valence-electron chi connectivity index (χ2n) is 6.55. The van der Waals surface area contributed by atoms with E-state index in [4.69, 9.17) is 23.8 Å². The van der Waals surface area contributed by atoms with Gasteiger partial charge in [-0.2, -0.15) is 0 Å². The van der Waals surface area contributed by atoms with Crippen molar-refractivity contribution in [1.82, 2.24) is 14.5 Å². The zero-order chi connectivity index (χ0) is 14.6. The van der Waals surface area contributed by atoms with Crippen LogP contribution in [0.25, 0.3) is 11.0 Å².